The van der Waals surface area contributed by atoms with Gasteiger partial charge in [0, 0.05) is 0 Å². The Bertz CT molecular complexity index is 772. The number of halogens is 6. The van der Waals surface area contributed by atoms with Gasteiger partial charge in [0.05, 0.1) is 0 Å². The lowest BCUT2D eigenvalue weighted by atomic mass is 9.68. The molecule has 0 saturated heterocycles. The molecule has 1 atom stereocenters. The van der Waals surface area contributed by atoms with Crippen molar-refractivity contribution in [1.82, 2.24) is 0 Å². The van der Waals surface area contributed by atoms with Crippen LogP contribution in [0.2, 0.25) is 0 Å². The van der Waals surface area contributed by atoms with Crippen LogP contribution in [0.1, 0.15) is 89.5 Å². The Morgan fingerprint density at radius 3 is 1.97 bits per heavy atom. The van der Waals surface area contributed by atoms with Gasteiger partial charge in [-0.3, -0.25) is 0 Å². The zero-order chi connectivity index (χ0) is 25.5. The minimum absolute atomic E-state index is 0.468. The van der Waals surface area contributed by atoms with E-state index in [-0.39, 0.29) is 0 Å². The van der Waals surface area contributed by atoms with E-state index in [1.807, 2.05) is 6.08 Å². The molecule has 1 unspecified atom stereocenters. The molecule has 0 aromatic heterocycles. The van der Waals surface area contributed by atoms with Gasteiger partial charge < -0.3 is 4.74 Å². The first-order chi connectivity index (χ1) is 16.6. The molecule has 0 N–H and O–H groups in total. The normalized spacial score (nSPS) is 27.2. The highest BCUT2D eigenvalue weighted by Gasteiger charge is 2.59. The molecule has 35 heavy (non-hydrogen) atoms. The second-order valence-corrected chi connectivity index (χ2v) is 10.4. The Hall–Kier alpha value is -1.66. The van der Waals surface area contributed by atoms with Gasteiger partial charge in [-0.05, 0) is 79.9 Å². The number of rotatable bonds is 10. The Morgan fingerprint density at radius 2 is 1.43 bits per heavy atom. The van der Waals surface area contributed by atoms with Gasteiger partial charge in [0.1, 0.15) is 5.75 Å². The third-order valence-electron chi connectivity index (χ3n) is 7.87. The van der Waals surface area contributed by atoms with E-state index in [2.05, 4.69) is 17.7 Å². The molecule has 2 fully saturated rings. The van der Waals surface area contributed by atoms with Crippen LogP contribution in [0.3, 0.4) is 0 Å². The molecule has 1 aromatic rings. The fraction of sp³-hybridized carbons (Fsp3) is 0.714. The molecule has 0 radical (unpaired) electrons. The Labute approximate surface area is 205 Å². The van der Waals surface area contributed by atoms with Crippen LogP contribution >= 0.6 is 0 Å². The molecular weight excluding hydrogens is 466 g/mol. The summed E-state index contributed by atoms with van der Waals surface area (Å²) in [5.74, 6) is 2.58. The van der Waals surface area contributed by atoms with E-state index in [1.165, 1.54) is 76.3 Å². The summed E-state index contributed by atoms with van der Waals surface area (Å²) in [5, 5.41) is 0. The zero-order valence-corrected chi connectivity index (χ0v) is 20.5. The molecule has 2 saturated carbocycles. The van der Waals surface area contributed by atoms with Crippen molar-refractivity contribution < 1.29 is 31.1 Å². The van der Waals surface area contributed by atoms with Crippen molar-refractivity contribution in [3.05, 3.63) is 35.9 Å². The van der Waals surface area contributed by atoms with Crippen LogP contribution in [-0.4, -0.2) is 18.5 Å². The van der Waals surface area contributed by atoms with Gasteiger partial charge in [-0.1, -0.05) is 69.7 Å². The first-order valence-electron chi connectivity index (χ1n) is 13.1. The van der Waals surface area contributed by atoms with Crippen molar-refractivity contribution in [2.75, 3.05) is 0 Å². The summed E-state index contributed by atoms with van der Waals surface area (Å²) in [6.07, 6.45) is 4.69. The second kappa shape index (κ2) is 12.5. The molecule has 7 heteroatoms. The quantitative estimate of drug-likeness (QED) is 0.228. The summed E-state index contributed by atoms with van der Waals surface area (Å²) < 4.78 is 80.5. The maximum Gasteiger partial charge on any atom is 0.439 e. The minimum atomic E-state index is -5.70. The van der Waals surface area contributed by atoms with Crippen LogP contribution in [0.25, 0.3) is 6.08 Å². The highest BCUT2D eigenvalue weighted by Crippen LogP contribution is 2.43. The summed E-state index contributed by atoms with van der Waals surface area (Å²) in [5.41, 5.74) is 0.733. The minimum Gasteiger partial charge on any atom is -0.430 e. The van der Waals surface area contributed by atoms with Gasteiger partial charge >= 0.3 is 12.3 Å². The molecule has 0 amide bonds. The van der Waals surface area contributed by atoms with Crippen LogP contribution in [0.4, 0.5) is 26.3 Å². The maximum atomic E-state index is 13.4. The van der Waals surface area contributed by atoms with Crippen molar-refractivity contribution in [2.45, 2.75) is 102 Å². The molecule has 1 aromatic carbocycles. The van der Waals surface area contributed by atoms with Crippen molar-refractivity contribution >= 4 is 6.08 Å². The first kappa shape index (κ1) is 27.9. The van der Waals surface area contributed by atoms with Gasteiger partial charge in [-0.25, -0.2) is 4.39 Å². The number of unbranched alkanes of at least 4 members (excludes halogenated alkanes) is 2. The van der Waals surface area contributed by atoms with Crippen molar-refractivity contribution in [1.29, 1.82) is 0 Å². The largest absolute Gasteiger partial charge is 0.439 e. The van der Waals surface area contributed by atoms with E-state index < -0.39 is 24.2 Å². The molecule has 2 aliphatic rings. The molecule has 198 valence electrons. The number of allylic oxidation sites excluding steroid dienone is 1. The van der Waals surface area contributed by atoms with E-state index in [9.17, 15) is 26.3 Å². The van der Waals surface area contributed by atoms with Gasteiger partial charge in [-0.2, -0.15) is 22.0 Å². The Morgan fingerprint density at radius 1 is 0.857 bits per heavy atom. The van der Waals surface area contributed by atoms with Gasteiger partial charge in [0.15, 0.2) is 0 Å². The fourth-order valence-electron chi connectivity index (χ4n) is 5.73. The molecular formula is C28H38F6O. The third-order valence-corrected chi connectivity index (χ3v) is 7.87. The molecule has 1 nitrogen and oxygen atoms in total. The van der Waals surface area contributed by atoms with Crippen molar-refractivity contribution in [3.8, 4) is 5.75 Å². The molecule has 2 aliphatic carbocycles. The van der Waals surface area contributed by atoms with Crippen molar-refractivity contribution in [2.24, 2.45) is 23.7 Å². The maximum absolute atomic E-state index is 13.4. The lowest BCUT2D eigenvalue weighted by Gasteiger charge is -2.37. The van der Waals surface area contributed by atoms with Gasteiger partial charge in [0.25, 0.3) is 6.17 Å². The number of hydrogen-bond acceptors (Lipinski definition) is 1. The third kappa shape index (κ3) is 8.45. The first-order valence-corrected chi connectivity index (χ1v) is 13.1. The number of benzene rings is 1. The molecule has 0 heterocycles. The van der Waals surface area contributed by atoms with E-state index >= 15 is 0 Å². The number of hydrogen-bond donors (Lipinski definition) is 0. The van der Waals surface area contributed by atoms with E-state index in [0.717, 1.165) is 48.3 Å². The predicted octanol–water partition coefficient (Wildman–Crippen LogP) is 9.76. The number of ether oxygens (including phenoxy) is 1. The van der Waals surface area contributed by atoms with Crippen LogP contribution in [0.5, 0.6) is 5.75 Å². The van der Waals surface area contributed by atoms with E-state index in [1.54, 1.807) is 0 Å². The number of alkyl halides is 6. The highest BCUT2D eigenvalue weighted by atomic mass is 19.4. The zero-order valence-electron chi connectivity index (χ0n) is 20.5. The molecule has 0 aliphatic heterocycles. The smallest absolute Gasteiger partial charge is 0.430 e. The van der Waals surface area contributed by atoms with Gasteiger partial charge in [-0.15, -0.1) is 0 Å². The van der Waals surface area contributed by atoms with Gasteiger partial charge in [0.2, 0.25) is 0 Å². The Kier molecular flexibility index (Phi) is 10.00. The summed E-state index contributed by atoms with van der Waals surface area (Å²) in [7, 11) is 0. The summed E-state index contributed by atoms with van der Waals surface area (Å²) in [6.45, 7) is 2.26. The standard InChI is InChI=1S/C28H38F6O/c1-2-3-4-5-20-8-14-23(15-9-20)24-16-10-21(11-17-24)6-7-22-12-18-25(19-13-22)35-28(33,34)26(29)27(30,31)32/h6-7,12-13,18-21,23-24,26H,2-5,8-11,14-17H2,1H3/b7-6+. The average Bonchev–Trinajstić information content (AvgIpc) is 2.83. The topological polar surface area (TPSA) is 9.23 Å². The summed E-state index contributed by atoms with van der Waals surface area (Å²) >= 11 is 0. The Balaban J connectivity index is 1.41. The van der Waals surface area contributed by atoms with E-state index in [0.29, 0.717) is 5.92 Å². The molecule has 0 spiro atoms. The fourth-order valence-corrected chi connectivity index (χ4v) is 5.73. The highest BCUT2D eigenvalue weighted by molar-refractivity contribution is 5.50. The second-order valence-electron chi connectivity index (χ2n) is 10.4. The van der Waals surface area contributed by atoms with Crippen LogP contribution in [-0.2, 0) is 0 Å². The summed E-state index contributed by atoms with van der Waals surface area (Å²) in [4.78, 5) is 0. The molecule has 3 rings (SSSR count). The predicted molar refractivity (Wildman–Crippen MR) is 127 cm³/mol. The molecule has 0 bridgehead atoms. The van der Waals surface area contributed by atoms with Crippen LogP contribution in [0, 0.1) is 23.7 Å². The summed E-state index contributed by atoms with van der Waals surface area (Å²) in [6, 6.07) is 5.22. The lowest BCUT2D eigenvalue weighted by Crippen LogP contribution is -2.45. The van der Waals surface area contributed by atoms with E-state index in [4.69, 9.17) is 0 Å². The monoisotopic (exact) mass is 504 g/mol. The van der Waals surface area contributed by atoms with Crippen LogP contribution in [0.15, 0.2) is 30.3 Å². The SMILES string of the molecule is CCCCCC1CCC(C2CCC(/C=C/c3ccc(OC(F)(F)C(F)C(F)(F)F)cc3)CC2)CC1. The average molecular weight is 505 g/mol. The van der Waals surface area contributed by atoms with Crippen LogP contribution < -0.4 is 4.74 Å². The van der Waals surface area contributed by atoms with Crippen molar-refractivity contribution in [3.63, 3.8) is 0 Å². The lowest BCUT2D eigenvalue weighted by molar-refractivity contribution is -0.304.